The number of allylic oxidation sites excluding steroid dienone is 1. The lowest BCUT2D eigenvalue weighted by Gasteiger charge is -2.02. The normalized spacial score (nSPS) is 14.7. The lowest BCUT2D eigenvalue weighted by atomic mass is 10.1. The Morgan fingerprint density at radius 1 is 1.73 bits per heavy atom. The van der Waals surface area contributed by atoms with Gasteiger partial charge in [-0.15, -0.1) is 6.42 Å². The molecule has 0 aromatic heterocycles. The van der Waals surface area contributed by atoms with Gasteiger partial charge in [0.15, 0.2) is 0 Å². The summed E-state index contributed by atoms with van der Waals surface area (Å²) in [7, 11) is 0. The zero-order chi connectivity index (χ0) is 8.85. The highest BCUT2D eigenvalue weighted by atomic mass is 19.3. The molecule has 0 radical (unpaired) electrons. The molecule has 0 aliphatic rings. The van der Waals surface area contributed by atoms with Gasteiger partial charge in [0.2, 0.25) is 6.43 Å². The summed E-state index contributed by atoms with van der Waals surface area (Å²) in [6, 6.07) is 0. The molecule has 1 unspecified atom stereocenters. The molecule has 0 aromatic rings. The van der Waals surface area contributed by atoms with E-state index in [0.717, 1.165) is 0 Å². The van der Waals surface area contributed by atoms with Crippen LogP contribution in [0.3, 0.4) is 0 Å². The highest BCUT2D eigenvalue weighted by Gasteiger charge is 2.03. The second-order valence-electron chi connectivity index (χ2n) is 2.14. The molecule has 1 atom stereocenters. The molecule has 0 fully saturated rings. The van der Waals surface area contributed by atoms with Gasteiger partial charge in [-0.1, -0.05) is 12.0 Å². The van der Waals surface area contributed by atoms with Gasteiger partial charge >= 0.3 is 0 Å². The standard InChI is InChI=1S/C8H10F2O/c1-3-7(11)6(2)4-5-8(9)10/h1,4,7-8,11H,5H2,2H3/b6-4+. The van der Waals surface area contributed by atoms with Crippen LogP contribution in [-0.2, 0) is 0 Å². The number of halogens is 2. The maximum Gasteiger partial charge on any atom is 0.242 e. The fourth-order valence-electron chi connectivity index (χ4n) is 0.518. The third kappa shape index (κ3) is 4.51. The summed E-state index contributed by atoms with van der Waals surface area (Å²) in [4.78, 5) is 0. The topological polar surface area (TPSA) is 20.2 Å². The molecule has 0 saturated heterocycles. The molecule has 0 spiro atoms. The molecule has 0 aliphatic heterocycles. The molecule has 0 heterocycles. The average Bonchev–Trinajstić information content (AvgIpc) is 1.98. The molecule has 3 heteroatoms. The fourth-order valence-corrected chi connectivity index (χ4v) is 0.518. The Labute approximate surface area is 64.7 Å². The molecule has 62 valence electrons. The van der Waals surface area contributed by atoms with Crippen LogP contribution in [0.5, 0.6) is 0 Å². The predicted molar refractivity (Wildman–Crippen MR) is 39.2 cm³/mol. The second-order valence-corrected chi connectivity index (χ2v) is 2.14. The number of rotatable bonds is 3. The van der Waals surface area contributed by atoms with Gasteiger partial charge in [0.05, 0.1) is 0 Å². The monoisotopic (exact) mass is 160 g/mol. The van der Waals surface area contributed by atoms with Gasteiger partial charge in [0, 0.05) is 6.42 Å². The van der Waals surface area contributed by atoms with Gasteiger partial charge in [-0.2, -0.15) is 0 Å². The quantitative estimate of drug-likeness (QED) is 0.491. The van der Waals surface area contributed by atoms with Crippen molar-refractivity contribution in [3.8, 4) is 12.3 Å². The van der Waals surface area contributed by atoms with Crippen molar-refractivity contribution < 1.29 is 13.9 Å². The van der Waals surface area contributed by atoms with Gasteiger partial charge < -0.3 is 5.11 Å². The third-order valence-electron chi connectivity index (χ3n) is 1.21. The third-order valence-corrected chi connectivity index (χ3v) is 1.21. The Morgan fingerprint density at radius 2 is 2.27 bits per heavy atom. The van der Waals surface area contributed by atoms with Crippen molar-refractivity contribution in [3.63, 3.8) is 0 Å². The van der Waals surface area contributed by atoms with E-state index in [0.29, 0.717) is 5.57 Å². The summed E-state index contributed by atoms with van der Waals surface area (Å²) in [5.74, 6) is 2.03. The molecular weight excluding hydrogens is 150 g/mol. The molecule has 0 bridgehead atoms. The maximum atomic E-state index is 11.6. The lowest BCUT2D eigenvalue weighted by molar-refractivity contribution is 0.151. The first-order valence-electron chi connectivity index (χ1n) is 3.17. The molecule has 1 N–H and O–H groups in total. The van der Waals surface area contributed by atoms with E-state index in [2.05, 4.69) is 0 Å². The first-order chi connectivity index (χ1) is 5.07. The van der Waals surface area contributed by atoms with Gasteiger partial charge in [-0.25, -0.2) is 8.78 Å². The van der Waals surface area contributed by atoms with Crippen molar-refractivity contribution in [1.82, 2.24) is 0 Å². The van der Waals surface area contributed by atoms with Crippen LogP contribution in [-0.4, -0.2) is 17.6 Å². The number of hydrogen-bond donors (Lipinski definition) is 1. The maximum absolute atomic E-state index is 11.6. The minimum atomic E-state index is -2.38. The number of alkyl halides is 2. The zero-order valence-electron chi connectivity index (χ0n) is 6.22. The SMILES string of the molecule is C#CC(O)/C(C)=C/CC(F)F. The summed E-state index contributed by atoms with van der Waals surface area (Å²) in [6.07, 6.45) is 2.33. The van der Waals surface area contributed by atoms with E-state index in [4.69, 9.17) is 11.5 Å². The highest BCUT2D eigenvalue weighted by Crippen LogP contribution is 2.06. The molecule has 0 rings (SSSR count). The number of aliphatic hydroxyl groups is 1. The Kier molecular flexibility index (Phi) is 4.47. The molecule has 1 nitrogen and oxygen atoms in total. The van der Waals surface area contributed by atoms with E-state index in [1.807, 2.05) is 5.92 Å². The highest BCUT2D eigenvalue weighted by molar-refractivity contribution is 5.16. The van der Waals surface area contributed by atoms with Crippen LogP contribution in [0.25, 0.3) is 0 Å². The molecule has 0 amide bonds. The van der Waals surface area contributed by atoms with Gasteiger partial charge in [0.1, 0.15) is 6.10 Å². The molecular formula is C8H10F2O. The zero-order valence-corrected chi connectivity index (χ0v) is 6.22. The number of hydrogen-bond acceptors (Lipinski definition) is 1. The van der Waals surface area contributed by atoms with Gasteiger partial charge in [-0.05, 0) is 12.5 Å². The summed E-state index contributed by atoms with van der Waals surface area (Å²) < 4.78 is 23.2. The van der Waals surface area contributed by atoms with Crippen molar-refractivity contribution in [1.29, 1.82) is 0 Å². The Morgan fingerprint density at radius 3 is 2.64 bits per heavy atom. The summed E-state index contributed by atoms with van der Waals surface area (Å²) in [5, 5.41) is 8.89. The minimum absolute atomic E-state index is 0.357. The van der Waals surface area contributed by atoms with Crippen LogP contribution >= 0.6 is 0 Å². The number of terminal acetylenes is 1. The lowest BCUT2D eigenvalue weighted by Crippen LogP contribution is -2.04. The van der Waals surface area contributed by atoms with E-state index in [1.165, 1.54) is 13.0 Å². The van der Waals surface area contributed by atoms with Gasteiger partial charge in [-0.3, -0.25) is 0 Å². The first-order valence-corrected chi connectivity index (χ1v) is 3.17. The van der Waals surface area contributed by atoms with Crippen molar-refractivity contribution >= 4 is 0 Å². The van der Waals surface area contributed by atoms with Crippen LogP contribution in [0.15, 0.2) is 11.6 Å². The first kappa shape index (κ1) is 10.1. The summed E-state index contributed by atoms with van der Waals surface area (Å²) in [5.41, 5.74) is 0.396. The van der Waals surface area contributed by atoms with Crippen LogP contribution in [0, 0.1) is 12.3 Å². The van der Waals surface area contributed by atoms with Gasteiger partial charge in [0.25, 0.3) is 0 Å². The molecule has 0 aliphatic carbocycles. The van der Waals surface area contributed by atoms with E-state index < -0.39 is 12.5 Å². The summed E-state index contributed by atoms with van der Waals surface area (Å²) >= 11 is 0. The molecule has 0 aromatic carbocycles. The van der Waals surface area contributed by atoms with E-state index >= 15 is 0 Å². The minimum Gasteiger partial charge on any atom is -0.376 e. The van der Waals surface area contributed by atoms with E-state index in [-0.39, 0.29) is 6.42 Å². The molecule has 11 heavy (non-hydrogen) atoms. The van der Waals surface area contributed by atoms with Crippen molar-refractivity contribution in [3.05, 3.63) is 11.6 Å². The largest absolute Gasteiger partial charge is 0.376 e. The second kappa shape index (κ2) is 4.86. The summed E-state index contributed by atoms with van der Waals surface area (Å²) in [6.45, 7) is 1.52. The smallest absolute Gasteiger partial charge is 0.242 e. The number of aliphatic hydroxyl groups excluding tert-OH is 1. The average molecular weight is 160 g/mol. The van der Waals surface area contributed by atoms with Crippen LogP contribution in [0.2, 0.25) is 0 Å². The van der Waals surface area contributed by atoms with Crippen molar-refractivity contribution in [2.75, 3.05) is 0 Å². The fraction of sp³-hybridized carbons (Fsp3) is 0.500. The predicted octanol–water partition coefficient (Wildman–Crippen LogP) is 1.58. The van der Waals surface area contributed by atoms with E-state index in [1.54, 1.807) is 0 Å². The Bertz CT molecular complexity index is 179. The molecule has 0 saturated carbocycles. The van der Waals surface area contributed by atoms with Crippen LogP contribution in [0.1, 0.15) is 13.3 Å². The van der Waals surface area contributed by atoms with Crippen LogP contribution in [0.4, 0.5) is 8.78 Å². The van der Waals surface area contributed by atoms with Crippen molar-refractivity contribution in [2.24, 2.45) is 0 Å². The Hall–Kier alpha value is -0.880. The van der Waals surface area contributed by atoms with E-state index in [9.17, 15) is 8.78 Å². The van der Waals surface area contributed by atoms with Crippen LogP contribution < -0.4 is 0 Å². The Balaban J connectivity index is 3.92. The van der Waals surface area contributed by atoms with Crippen molar-refractivity contribution in [2.45, 2.75) is 25.9 Å².